The summed E-state index contributed by atoms with van der Waals surface area (Å²) in [4.78, 5) is 2.48. The van der Waals surface area contributed by atoms with Crippen LogP contribution in [0.25, 0.3) is 0 Å². The highest BCUT2D eigenvalue weighted by molar-refractivity contribution is 5.27. The van der Waals surface area contributed by atoms with E-state index in [0.717, 1.165) is 38.5 Å². The SMILES string of the molecule is Cc1cccc(OCCN2CCNC[C@H]2C)c1. The predicted molar refractivity (Wildman–Crippen MR) is 70.6 cm³/mol. The monoisotopic (exact) mass is 234 g/mol. The summed E-state index contributed by atoms with van der Waals surface area (Å²) in [5.41, 5.74) is 1.25. The van der Waals surface area contributed by atoms with Crippen LogP contribution >= 0.6 is 0 Å². The summed E-state index contributed by atoms with van der Waals surface area (Å²) in [5, 5.41) is 3.40. The van der Waals surface area contributed by atoms with E-state index < -0.39 is 0 Å². The van der Waals surface area contributed by atoms with Crippen molar-refractivity contribution in [3.05, 3.63) is 29.8 Å². The summed E-state index contributed by atoms with van der Waals surface area (Å²) in [7, 11) is 0. The number of piperazine rings is 1. The van der Waals surface area contributed by atoms with E-state index in [1.807, 2.05) is 12.1 Å². The van der Waals surface area contributed by atoms with Gasteiger partial charge < -0.3 is 10.1 Å². The Hall–Kier alpha value is -1.06. The molecule has 1 heterocycles. The van der Waals surface area contributed by atoms with Crippen LogP contribution in [0.1, 0.15) is 12.5 Å². The van der Waals surface area contributed by atoms with Crippen molar-refractivity contribution in [2.45, 2.75) is 19.9 Å². The second-order valence-electron chi connectivity index (χ2n) is 4.75. The molecule has 0 spiro atoms. The summed E-state index contributed by atoms with van der Waals surface area (Å²) in [6, 6.07) is 8.85. The van der Waals surface area contributed by atoms with Gasteiger partial charge in [-0.1, -0.05) is 12.1 Å². The van der Waals surface area contributed by atoms with Crippen LogP contribution in [0.2, 0.25) is 0 Å². The Bertz CT molecular complexity index is 354. The minimum Gasteiger partial charge on any atom is -0.492 e. The third-order valence-electron chi connectivity index (χ3n) is 3.28. The predicted octanol–water partition coefficient (Wildman–Crippen LogP) is 1.67. The Kier molecular flexibility index (Phi) is 4.40. The van der Waals surface area contributed by atoms with Crippen LogP contribution in [0.5, 0.6) is 5.75 Å². The summed E-state index contributed by atoms with van der Waals surface area (Å²) >= 11 is 0. The quantitative estimate of drug-likeness (QED) is 0.857. The van der Waals surface area contributed by atoms with E-state index in [9.17, 15) is 0 Å². The molecule has 1 aliphatic rings. The fourth-order valence-corrected chi connectivity index (χ4v) is 2.20. The van der Waals surface area contributed by atoms with E-state index in [4.69, 9.17) is 4.74 Å². The molecule has 2 rings (SSSR count). The lowest BCUT2D eigenvalue weighted by atomic mass is 10.2. The molecule has 1 atom stereocenters. The van der Waals surface area contributed by atoms with Crippen molar-refractivity contribution in [3.63, 3.8) is 0 Å². The highest BCUT2D eigenvalue weighted by Crippen LogP contribution is 2.12. The number of hydrogen-bond donors (Lipinski definition) is 1. The van der Waals surface area contributed by atoms with Gasteiger partial charge in [-0.25, -0.2) is 0 Å². The third kappa shape index (κ3) is 3.72. The topological polar surface area (TPSA) is 24.5 Å². The van der Waals surface area contributed by atoms with Gasteiger partial charge in [0, 0.05) is 32.2 Å². The lowest BCUT2D eigenvalue weighted by Gasteiger charge is -2.33. The molecule has 1 aliphatic heterocycles. The van der Waals surface area contributed by atoms with Gasteiger partial charge in [0.1, 0.15) is 12.4 Å². The van der Waals surface area contributed by atoms with Gasteiger partial charge >= 0.3 is 0 Å². The van der Waals surface area contributed by atoms with E-state index in [0.29, 0.717) is 6.04 Å². The lowest BCUT2D eigenvalue weighted by Crippen LogP contribution is -2.50. The Labute approximate surface area is 104 Å². The second kappa shape index (κ2) is 6.03. The van der Waals surface area contributed by atoms with Crippen molar-refractivity contribution in [2.75, 3.05) is 32.8 Å². The van der Waals surface area contributed by atoms with Crippen molar-refractivity contribution >= 4 is 0 Å². The van der Waals surface area contributed by atoms with E-state index in [2.05, 4.69) is 36.2 Å². The maximum atomic E-state index is 5.78. The average molecular weight is 234 g/mol. The largest absolute Gasteiger partial charge is 0.492 e. The van der Waals surface area contributed by atoms with E-state index in [-0.39, 0.29) is 0 Å². The average Bonchev–Trinajstić information content (AvgIpc) is 2.32. The van der Waals surface area contributed by atoms with E-state index in [1.165, 1.54) is 5.56 Å². The zero-order chi connectivity index (χ0) is 12.1. The first kappa shape index (κ1) is 12.4. The number of nitrogens with one attached hydrogen (secondary N) is 1. The van der Waals surface area contributed by atoms with Crippen molar-refractivity contribution < 1.29 is 4.74 Å². The van der Waals surface area contributed by atoms with Crippen LogP contribution in [0.3, 0.4) is 0 Å². The second-order valence-corrected chi connectivity index (χ2v) is 4.75. The fraction of sp³-hybridized carbons (Fsp3) is 0.571. The number of rotatable bonds is 4. The number of hydrogen-bond acceptors (Lipinski definition) is 3. The first-order valence-electron chi connectivity index (χ1n) is 6.40. The minimum atomic E-state index is 0.616. The molecule has 17 heavy (non-hydrogen) atoms. The molecule has 0 bridgehead atoms. The summed E-state index contributed by atoms with van der Waals surface area (Å²) in [6.45, 7) is 9.44. The summed E-state index contributed by atoms with van der Waals surface area (Å²) < 4.78 is 5.78. The molecular formula is C14H22N2O. The molecule has 0 amide bonds. The van der Waals surface area contributed by atoms with Gasteiger partial charge in [-0.15, -0.1) is 0 Å². The maximum Gasteiger partial charge on any atom is 0.119 e. The lowest BCUT2D eigenvalue weighted by molar-refractivity contribution is 0.143. The molecule has 0 aromatic heterocycles. The molecule has 1 saturated heterocycles. The molecule has 0 radical (unpaired) electrons. The van der Waals surface area contributed by atoms with Gasteiger partial charge in [-0.3, -0.25) is 4.90 Å². The van der Waals surface area contributed by atoms with Gasteiger partial charge in [-0.05, 0) is 31.5 Å². The Morgan fingerprint density at radius 3 is 3.12 bits per heavy atom. The molecule has 0 unspecified atom stereocenters. The molecule has 94 valence electrons. The van der Waals surface area contributed by atoms with Gasteiger partial charge in [-0.2, -0.15) is 0 Å². The van der Waals surface area contributed by atoms with Crippen LogP contribution < -0.4 is 10.1 Å². The molecule has 1 aromatic rings. The van der Waals surface area contributed by atoms with Crippen molar-refractivity contribution in [3.8, 4) is 5.75 Å². The number of nitrogens with zero attached hydrogens (tertiary/aromatic N) is 1. The third-order valence-corrected chi connectivity index (χ3v) is 3.28. The van der Waals surface area contributed by atoms with Crippen molar-refractivity contribution in [1.82, 2.24) is 10.2 Å². The molecule has 1 aromatic carbocycles. The molecule has 1 fully saturated rings. The first-order valence-corrected chi connectivity index (χ1v) is 6.40. The smallest absolute Gasteiger partial charge is 0.119 e. The van der Waals surface area contributed by atoms with Crippen LogP contribution in [-0.2, 0) is 0 Å². The Morgan fingerprint density at radius 2 is 2.35 bits per heavy atom. The first-order chi connectivity index (χ1) is 8.25. The van der Waals surface area contributed by atoms with Gasteiger partial charge in [0.25, 0.3) is 0 Å². The van der Waals surface area contributed by atoms with Gasteiger partial charge in [0.2, 0.25) is 0 Å². The summed E-state index contributed by atoms with van der Waals surface area (Å²) in [6.07, 6.45) is 0. The maximum absolute atomic E-state index is 5.78. The molecule has 0 aliphatic carbocycles. The van der Waals surface area contributed by atoms with Crippen LogP contribution in [0.15, 0.2) is 24.3 Å². The summed E-state index contributed by atoms with van der Waals surface area (Å²) in [5.74, 6) is 0.979. The fourth-order valence-electron chi connectivity index (χ4n) is 2.20. The normalized spacial score (nSPS) is 21.4. The highest BCUT2D eigenvalue weighted by atomic mass is 16.5. The van der Waals surface area contributed by atoms with Crippen LogP contribution in [0, 0.1) is 6.92 Å². The van der Waals surface area contributed by atoms with Crippen LogP contribution in [-0.4, -0.2) is 43.7 Å². The zero-order valence-electron chi connectivity index (χ0n) is 10.8. The highest BCUT2D eigenvalue weighted by Gasteiger charge is 2.16. The molecule has 1 N–H and O–H groups in total. The zero-order valence-corrected chi connectivity index (χ0v) is 10.8. The van der Waals surface area contributed by atoms with Crippen LogP contribution in [0.4, 0.5) is 0 Å². The Balaban J connectivity index is 1.75. The number of benzene rings is 1. The van der Waals surface area contributed by atoms with Crippen molar-refractivity contribution in [2.24, 2.45) is 0 Å². The molecular weight excluding hydrogens is 212 g/mol. The minimum absolute atomic E-state index is 0.616. The molecule has 3 heteroatoms. The van der Waals surface area contributed by atoms with Gasteiger partial charge in [0.15, 0.2) is 0 Å². The number of ether oxygens (including phenoxy) is 1. The van der Waals surface area contributed by atoms with Gasteiger partial charge in [0.05, 0.1) is 0 Å². The van der Waals surface area contributed by atoms with Crippen molar-refractivity contribution in [1.29, 1.82) is 0 Å². The molecule has 3 nitrogen and oxygen atoms in total. The molecule has 0 saturated carbocycles. The van der Waals surface area contributed by atoms with E-state index in [1.54, 1.807) is 0 Å². The Morgan fingerprint density at radius 1 is 1.47 bits per heavy atom. The standard InChI is InChI=1S/C14H22N2O/c1-12-4-3-5-14(10-12)17-9-8-16-7-6-15-11-13(16)2/h3-5,10,13,15H,6-9,11H2,1-2H3/t13-/m1/s1. The number of aryl methyl sites for hydroxylation is 1. The van der Waals surface area contributed by atoms with E-state index >= 15 is 0 Å².